The van der Waals surface area contributed by atoms with Gasteiger partial charge >= 0.3 is 0 Å². The van der Waals surface area contributed by atoms with Crippen LogP contribution in [0.1, 0.15) is 55.4 Å². The van der Waals surface area contributed by atoms with Crippen LogP contribution < -0.4 is 11.1 Å². The summed E-state index contributed by atoms with van der Waals surface area (Å²) in [6, 6.07) is -0.633. The van der Waals surface area contributed by atoms with E-state index in [1.165, 1.54) is 0 Å². The number of fused-ring (bicyclic) bond motifs is 1. The van der Waals surface area contributed by atoms with Crippen molar-refractivity contribution in [3.05, 3.63) is 17.0 Å². The highest BCUT2D eigenvalue weighted by Crippen LogP contribution is 2.25. The normalized spacial score (nSPS) is 16.2. The van der Waals surface area contributed by atoms with Gasteiger partial charge in [0.2, 0.25) is 0 Å². The van der Waals surface area contributed by atoms with Crippen molar-refractivity contribution >= 4 is 11.7 Å². The van der Waals surface area contributed by atoms with E-state index in [1.54, 1.807) is 0 Å². The van der Waals surface area contributed by atoms with Crippen LogP contribution in [0.15, 0.2) is 4.52 Å². The van der Waals surface area contributed by atoms with E-state index in [2.05, 4.69) is 10.5 Å². The maximum atomic E-state index is 12.4. The van der Waals surface area contributed by atoms with E-state index in [9.17, 15) is 9.59 Å². The lowest BCUT2D eigenvalue weighted by molar-refractivity contribution is -0.121. The first-order valence-corrected chi connectivity index (χ1v) is 7.35. The molecule has 1 amide bonds. The molecule has 1 aliphatic carbocycles. The summed E-state index contributed by atoms with van der Waals surface area (Å²) < 4.78 is 5.24. The SMILES string of the molecule is CC(C)(C)C(NC(=O)c1noc2c1CCCC2)C(=O)CN. The van der Waals surface area contributed by atoms with Crippen molar-refractivity contribution in [3.63, 3.8) is 0 Å². The molecule has 1 aromatic heterocycles. The van der Waals surface area contributed by atoms with E-state index in [0.717, 1.165) is 37.0 Å². The zero-order valence-electron chi connectivity index (χ0n) is 12.9. The average molecular weight is 293 g/mol. The molecular formula is C15H23N3O3. The quantitative estimate of drug-likeness (QED) is 0.870. The molecule has 1 aromatic rings. The van der Waals surface area contributed by atoms with Crippen LogP contribution >= 0.6 is 0 Å². The summed E-state index contributed by atoms with van der Waals surface area (Å²) in [7, 11) is 0. The predicted molar refractivity (Wildman–Crippen MR) is 77.9 cm³/mol. The summed E-state index contributed by atoms with van der Waals surface area (Å²) in [5.74, 6) is 0.251. The van der Waals surface area contributed by atoms with Crippen LogP contribution in [0.5, 0.6) is 0 Å². The predicted octanol–water partition coefficient (Wildman–Crippen LogP) is 1.23. The van der Waals surface area contributed by atoms with Crippen molar-refractivity contribution in [2.24, 2.45) is 11.1 Å². The lowest BCUT2D eigenvalue weighted by Crippen LogP contribution is -2.51. The fourth-order valence-corrected chi connectivity index (χ4v) is 2.66. The Morgan fingerprint density at radius 2 is 2.00 bits per heavy atom. The number of carbonyl (C=O) groups is 2. The molecule has 2 rings (SSSR count). The number of ketones is 1. The fourth-order valence-electron chi connectivity index (χ4n) is 2.66. The largest absolute Gasteiger partial charge is 0.360 e. The van der Waals surface area contributed by atoms with Gasteiger partial charge in [-0.1, -0.05) is 25.9 Å². The molecule has 0 saturated heterocycles. The van der Waals surface area contributed by atoms with Crippen molar-refractivity contribution in [3.8, 4) is 0 Å². The van der Waals surface area contributed by atoms with E-state index in [1.807, 2.05) is 20.8 Å². The van der Waals surface area contributed by atoms with Crippen molar-refractivity contribution in [1.82, 2.24) is 10.5 Å². The first kappa shape index (κ1) is 15.7. The summed E-state index contributed by atoms with van der Waals surface area (Å²) in [5, 5.41) is 6.66. The number of aromatic nitrogens is 1. The maximum absolute atomic E-state index is 12.4. The van der Waals surface area contributed by atoms with Gasteiger partial charge in [-0.2, -0.15) is 0 Å². The number of nitrogens with one attached hydrogen (secondary N) is 1. The number of amides is 1. The molecule has 0 bridgehead atoms. The molecule has 3 N–H and O–H groups in total. The number of nitrogens with two attached hydrogens (primary N) is 1. The summed E-state index contributed by atoms with van der Waals surface area (Å²) >= 11 is 0. The minimum absolute atomic E-state index is 0.0981. The molecule has 6 nitrogen and oxygen atoms in total. The number of aryl methyl sites for hydroxylation is 1. The lowest BCUT2D eigenvalue weighted by atomic mass is 9.84. The van der Waals surface area contributed by atoms with Gasteiger partial charge in [-0.25, -0.2) is 0 Å². The zero-order valence-corrected chi connectivity index (χ0v) is 12.9. The summed E-state index contributed by atoms with van der Waals surface area (Å²) in [4.78, 5) is 24.4. The molecule has 1 aliphatic rings. The smallest absolute Gasteiger partial charge is 0.274 e. The topological polar surface area (TPSA) is 98.2 Å². The maximum Gasteiger partial charge on any atom is 0.274 e. The van der Waals surface area contributed by atoms with E-state index < -0.39 is 11.5 Å². The zero-order chi connectivity index (χ0) is 15.6. The Balaban J connectivity index is 2.20. The minimum Gasteiger partial charge on any atom is -0.360 e. The van der Waals surface area contributed by atoms with Crippen LogP contribution in [0.25, 0.3) is 0 Å². The number of hydrogen-bond donors (Lipinski definition) is 2. The second kappa shape index (κ2) is 5.97. The van der Waals surface area contributed by atoms with Gasteiger partial charge in [-0.15, -0.1) is 0 Å². The van der Waals surface area contributed by atoms with E-state index in [-0.39, 0.29) is 18.2 Å². The first-order valence-electron chi connectivity index (χ1n) is 7.35. The first-order chi connectivity index (χ1) is 9.84. The Morgan fingerprint density at radius 3 is 2.62 bits per heavy atom. The fraction of sp³-hybridized carbons (Fsp3) is 0.667. The molecule has 0 aromatic carbocycles. The molecule has 116 valence electrons. The highest BCUT2D eigenvalue weighted by Gasteiger charge is 2.34. The Labute approximate surface area is 124 Å². The van der Waals surface area contributed by atoms with Crippen molar-refractivity contribution in [1.29, 1.82) is 0 Å². The van der Waals surface area contributed by atoms with Crippen molar-refractivity contribution in [2.45, 2.75) is 52.5 Å². The third-order valence-electron chi connectivity index (χ3n) is 3.83. The van der Waals surface area contributed by atoms with Crippen LogP contribution in [0.4, 0.5) is 0 Å². The number of Topliss-reactive ketones (excluding diaryl/α,β-unsaturated/α-hetero) is 1. The van der Waals surface area contributed by atoms with E-state index in [4.69, 9.17) is 10.3 Å². The van der Waals surface area contributed by atoms with Gasteiger partial charge in [0.25, 0.3) is 5.91 Å². The van der Waals surface area contributed by atoms with E-state index >= 15 is 0 Å². The summed E-state index contributed by atoms with van der Waals surface area (Å²) in [6.45, 7) is 5.58. The molecule has 1 heterocycles. The van der Waals surface area contributed by atoms with Crippen molar-refractivity contribution < 1.29 is 14.1 Å². The molecule has 21 heavy (non-hydrogen) atoms. The third-order valence-corrected chi connectivity index (χ3v) is 3.83. The van der Waals surface area contributed by atoms with Gasteiger partial charge in [0.15, 0.2) is 11.5 Å². The highest BCUT2D eigenvalue weighted by molar-refractivity contribution is 5.98. The second-order valence-corrected chi connectivity index (χ2v) is 6.58. The monoisotopic (exact) mass is 293 g/mol. The van der Waals surface area contributed by atoms with Crippen LogP contribution in [0.2, 0.25) is 0 Å². The third kappa shape index (κ3) is 3.32. The minimum atomic E-state index is -0.633. The van der Waals surface area contributed by atoms with Crippen LogP contribution in [0.3, 0.4) is 0 Å². The Hall–Kier alpha value is -1.69. The van der Waals surface area contributed by atoms with Gasteiger partial charge in [-0.3, -0.25) is 9.59 Å². The van der Waals surface area contributed by atoms with Gasteiger partial charge in [-0.05, 0) is 24.7 Å². The number of nitrogens with zero attached hydrogens (tertiary/aromatic N) is 1. The Kier molecular flexibility index (Phi) is 4.46. The van der Waals surface area contributed by atoms with E-state index in [0.29, 0.717) is 5.69 Å². The van der Waals surface area contributed by atoms with Crippen LogP contribution in [-0.4, -0.2) is 29.4 Å². The molecule has 6 heteroatoms. The highest BCUT2D eigenvalue weighted by atomic mass is 16.5. The number of carbonyl (C=O) groups excluding carboxylic acids is 2. The second-order valence-electron chi connectivity index (χ2n) is 6.58. The standard InChI is InChI=1S/C15H23N3O3/c1-15(2,3)13(10(19)8-16)17-14(20)12-9-6-4-5-7-11(9)21-18-12/h13H,4-8,16H2,1-3H3,(H,17,20). The van der Waals surface area contributed by atoms with Crippen molar-refractivity contribution in [2.75, 3.05) is 6.54 Å². The Morgan fingerprint density at radius 1 is 1.33 bits per heavy atom. The number of hydrogen-bond acceptors (Lipinski definition) is 5. The molecule has 0 fully saturated rings. The van der Waals surface area contributed by atoms with Gasteiger partial charge < -0.3 is 15.6 Å². The summed E-state index contributed by atoms with van der Waals surface area (Å²) in [6.07, 6.45) is 3.70. The van der Waals surface area contributed by atoms with Crippen LogP contribution in [-0.2, 0) is 17.6 Å². The molecule has 1 atom stereocenters. The van der Waals surface area contributed by atoms with Gasteiger partial charge in [0, 0.05) is 12.0 Å². The van der Waals surface area contributed by atoms with Crippen LogP contribution in [0, 0.1) is 5.41 Å². The number of rotatable bonds is 4. The van der Waals surface area contributed by atoms with Gasteiger partial charge in [0.05, 0.1) is 12.6 Å². The average Bonchev–Trinajstić information content (AvgIpc) is 2.86. The lowest BCUT2D eigenvalue weighted by Gasteiger charge is -2.29. The molecule has 0 spiro atoms. The molecule has 1 unspecified atom stereocenters. The molecule has 0 saturated carbocycles. The molecule has 0 aliphatic heterocycles. The molecular weight excluding hydrogens is 270 g/mol. The molecule has 0 radical (unpaired) electrons. The summed E-state index contributed by atoms with van der Waals surface area (Å²) in [5.41, 5.74) is 6.22. The van der Waals surface area contributed by atoms with Gasteiger partial charge in [0.1, 0.15) is 5.76 Å². The Bertz CT molecular complexity index is 543.